The summed E-state index contributed by atoms with van der Waals surface area (Å²) in [6.07, 6.45) is -0.0707. The fraction of sp³-hybridized carbons (Fsp3) is 0.625. The van der Waals surface area contributed by atoms with Gasteiger partial charge >= 0.3 is 11.9 Å². The first-order valence-corrected chi connectivity index (χ1v) is 3.88. The molecular weight excluding hydrogens is 176 g/mol. The number of carboxylic acid groups (broad SMARTS) is 1. The van der Waals surface area contributed by atoms with E-state index in [1.54, 1.807) is 0 Å². The van der Waals surface area contributed by atoms with Crippen LogP contribution in [0.1, 0.15) is 12.8 Å². The van der Waals surface area contributed by atoms with Gasteiger partial charge in [-0.2, -0.15) is 0 Å². The Morgan fingerprint density at radius 3 is 2.38 bits per heavy atom. The van der Waals surface area contributed by atoms with Gasteiger partial charge in [0.1, 0.15) is 5.78 Å². The number of carboxylic acids is 1. The molecule has 0 amide bonds. The van der Waals surface area contributed by atoms with Gasteiger partial charge in [-0.05, 0) is 0 Å². The average Bonchev–Trinajstić information content (AvgIpc) is 2.46. The van der Waals surface area contributed by atoms with Crippen molar-refractivity contribution in [3.63, 3.8) is 0 Å². The van der Waals surface area contributed by atoms with Crippen LogP contribution in [0.2, 0.25) is 0 Å². The molecule has 0 heterocycles. The lowest BCUT2D eigenvalue weighted by Crippen LogP contribution is -2.26. The Labute approximate surface area is 74.7 Å². The third kappa shape index (κ3) is 1.85. The number of aliphatic carboxylic acids is 1. The second kappa shape index (κ2) is 3.55. The highest BCUT2D eigenvalue weighted by Crippen LogP contribution is 2.30. The summed E-state index contributed by atoms with van der Waals surface area (Å²) in [5.74, 6) is -3.61. The molecular formula is C8H10O5. The van der Waals surface area contributed by atoms with Crippen molar-refractivity contribution in [3.8, 4) is 0 Å². The van der Waals surface area contributed by atoms with E-state index in [-0.39, 0.29) is 18.6 Å². The van der Waals surface area contributed by atoms with Gasteiger partial charge in [-0.15, -0.1) is 0 Å². The van der Waals surface area contributed by atoms with E-state index >= 15 is 0 Å². The molecule has 0 aromatic rings. The molecule has 0 unspecified atom stereocenters. The van der Waals surface area contributed by atoms with Gasteiger partial charge in [0.05, 0.1) is 18.9 Å². The van der Waals surface area contributed by atoms with Crippen LogP contribution < -0.4 is 0 Å². The summed E-state index contributed by atoms with van der Waals surface area (Å²) < 4.78 is 4.41. The molecule has 5 nitrogen and oxygen atoms in total. The Bertz CT molecular complexity index is 257. The SMILES string of the molecule is COC(=O)[C@@H]1CC(=O)C[C@@H]1C(=O)O. The van der Waals surface area contributed by atoms with Crippen LogP contribution in [0.4, 0.5) is 0 Å². The van der Waals surface area contributed by atoms with Crippen molar-refractivity contribution >= 4 is 17.7 Å². The average molecular weight is 186 g/mol. The number of ketones is 1. The van der Waals surface area contributed by atoms with Crippen LogP contribution in [-0.4, -0.2) is 29.9 Å². The van der Waals surface area contributed by atoms with Crippen LogP contribution in [0.15, 0.2) is 0 Å². The number of carbonyl (C=O) groups excluding carboxylic acids is 2. The molecule has 0 aliphatic heterocycles. The van der Waals surface area contributed by atoms with Crippen LogP contribution in [0.3, 0.4) is 0 Å². The van der Waals surface area contributed by atoms with Gasteiger partial charge in [0, 0.05) is 12.8 Å². The number of hydrogen-bond donors (Lipinski definition) is 1. The highest BCUT2D eigenvalue weighted by atomic mass is 16.5. The summed E-state index contributed by atoms with van der Waals surface area (Å²) in [5.41, 5.74) is 0. The first-order valence-electron chi connectivity index (χ1n) is 3.88. The number of Topliss-reactive ketones (excluding diaryl/α,β-unsaturated/α-hetero) is 1. The minimum absolute atomic E-state index is 0.0103. The normalized spacial score (nSPS) is 27.3. The topological polar surface area (TPSA) is 80.7 Å². The Hall–Kier alpha value is -1.39. The maximum absolute atomic E-state index is 11.0. The molecule has 0 radical (unpaired) electrons. The summed E-state index contributed by atoms with van der Waals surface area (Å²) in [5, 5.41) is 8.69. The van der Waals surface area contributed by atoms with Gasteiger partial charge in [-0.1, -0.05) is 0 Å². The minimum atomic E-state index is -1.11. The molecule has 72 valence electrons. The summed E-state index contributed by atoms with van der Waals surface area (Å²) >= 11 is 0. The molecule has 1 aliphatic rings. The van der Waals surface area contributed by atoms with Crippen molar-refractivity contribution in [2.45, 2.75) is 12.8 Å². The zero-order valence-corrected chi connectivity index (χ0v) is 7.15. The highest BCUT2D eigenvalue weighted by molar-refractivity contribution is 5.94. The molecule has 0 saturated heterocycles. The van der Waals surface area contributed by atoms with E-state index in [2.05, 4.69) is 4.74 Å². The lowest BCUT2D eigenvalue weighted by atomic mass is 9.97. The second-order valence-corrected chi connectivity index (χ2v) is 3.02. The van der Waals surface area contributed by atoms with Crippen molar-refractivity contribution in [3.05, 3.63) is 0 Å². The maximum atomic E-state index is 11.0. The molecule has 13 heavy (non-hydrogen) atoms. The van der Waals surface area contributed by atoms with E-state index in [1.165, 1.54) is 7.11 Å². The Kier molecular flexibility index (Phi) is 2.65. The fourth-order valence-corrected chi connectivity index (χ4v) is 1.52. The Morgan fingerprint density at radius 1 is 1.38 bits per heavy atom. The Morgan fingerprint density at radius 2 is 1.92 bits per heavy atom. The van der Waals surface area contributed by atoms with Crippen LogP contribution in [-0.2, 0) is 19.1 Å². The first-order chi connectivity index (χ1) is 6.06. The minimum Gasteiger partial charge on any atom is -0.481 e. The zero-order valence-electron chi connectivity index (χ0n) is 7.15. The lowest BCUT2D eigenvalue weighted by molar-refractivity contribution is -0.154. The molecule has 0 bridgehead atoms. The van der Waals surface area contributed by atoms with E-state index in [4.69, 9.17) is 5.11 Å². The van der Waals surface area contributed by atoms with Gasteiger partial charge in [-0.3, -0.25) is 14.4 Å². The number of ether oxygens (including phenoxy) is 1. The van der Waals surface area contributed by atoms with Crippen molar-refractivity contribution in [1.82, 2.24) is 0 Å². The highest BCUT2D eigenvalue weighted by Gasteiger charge is 2.42. The van der Waals surface area contributed by atoms with E-state index in [0.29, 0.717) is 0 Å². The molecule has 0 aromatic heterocycles. The molecule has 1 rings (SSSR count). The van der Waals surface area contributed by atoms with E-state index in [1.807, 2.05) is 0 Å². The van der Waals surface area contributed by atoms with Crippen molar-refractivity contribution < 1.29 is 24.2 Å². The molecule has 2 atom stereocenters. The molecule has 0 aromatic carbocycles. The van der Waals surface area contributed by atoms with Crippen molar-refractivity contribution in [2.24, 2.45) is 11.8 Å². The summed E-state index contributed by atoms with van der Waals surface area (Å²) in [6.45, 7) is 0. The molecule has 1 saturated carbocycles. The Balaban J connectivity index is 2.77. The summed E-state index contributed by atoms with van der Waals surface area (Å²) in [7, 11) is 1.18. The fourth-order valence-electron chi connectivity index (χ4n) is 1.52. The number of methoxy groups -OCH3 is 1. The first kappa shape index (κ1) is 9.70. The number of carbonyl (C=O) groups is 3. The van der Waals surface area contributed by atoms with E-state index < -0.39 is 23.8 Å². The molecule has 1 fully saturated rings. The van der Waals surface area contributed by atoms with Gasteiger partial charge in [-0.25, -0.2) is 0 Å². The van der Waals surface area contributed by atoms with E-state index in [9.17, 15) is 14.4 Å². The largest absolute Gasteiger partial charge is 0.481 e. The molecule has 5 heteroatoms. The number of rotatable bonds is 2. The standard InChI is InChI=1S/C8H10O5/c1-13-8(12)6-3-4(9)2-5(6)7(10)11/h5-6H,2-3H2,1H3,(H,10,11)/t5-,6+/m0/s1. The van der Waals surface area contributed by atoms with Gasteiger partial charge in [0.25, 0.3) is 0 Å². The van der Waals surface area contributed by atoms with Crippen LogP contribution in [0, 0.1) is 11.8 Å². The quantitative estimate of drug-likeness (QED) is 0.606. The van der Waals surface area contributed by atoms with Crippen molar-refractivity contribution in [2.75, 3.05) is 7.11 Å². The summed E-state index contributed by atoms with van der Waals surface area (Å²) in [4.78, 5) is 32.6. The second-order valence-electron chi connectivity index (χ2n) is 3.02. The predicted molar refractivity (Wildman–Crippen MR) is 40.9 cm³/mol. The third-order valence-electron chi connectivity index (χ3n) is 2.20. The smallest absolute Gasteiger partial charge is 0.309 e. The lowest BCUT2D eigenvalue weighted by Gasteiger charge is -2.11. The number of hydrogen-bond acceptors (Lipinski definition) is 4. The van der Waals surface area contributed by atoms with Gasteiger partial charge in [0.15, 0.2) is 0 Å². The predicted octanol–water partition coefficient (Wildman–Crippen LogP) is -0.161. The summed E-state index contributed by atoms with van der Waals surface area (Å²) in [6, 6.07) is 0. The van der Waals surface area contributed by atoms with E-state index in [0.717, 1.165) is 0 Å². The van der Waals surface area contributed by atoms with Crippen LogP contribution in [0.5, 0.6) is 0 Å². The molecule has 1 aliphatic carbocycles. The van der Waals surface area contributed by atoms with Gasteiger partial charge < -0.3 is 9.84 Å². The molecule has 0 spiro atoms. The monoisotopic (exact) mass is 186 g/mol. The van der Waals surface area contributed by atoms with Crippen LogP contribution >= 0.6 is 0 Å². The zero-order chi connectivity index (χ0) is 10.0. The van der Waals surface area contributed by atoms with Crippen LogP contribution in [0.25, 0.3) is 0 Å². The van der Waals surface area contributed by atoms with Crippen molar-refractivity contribution in [1.29, 1.82) is 0 Å². The third-order valence-corrected chi connectivity index (χ3v) is 2.20. The molecule has 1 N–H and O–H groups in total. The number of esters is 1. The van der Waals surface area contributed by atoms with Gasteiger partial charge in [0.2, 0.25) is 0 Å². The maximum Gasteiger partial charge on any atom is 0.309 e.